The summed E-state index contributed by atoms with van der Waals surface area (Å²) in [5.74, 6) is -0.207. The van der Waals surface area contributed by atoms with E-state index in [9.17, 15) is 9.59 Å². The minimum Gasteiger partial charge on any atom is -0.326 e. The molecule has 0 bridgehead atoms. The first-order valence-corrected chi connectivity index (χ1v) is 6.58. The Morgan fingerprint density at radius 2 is 2.05 bits per heavy atom. The van der Waals surface area contributed by atoms with Crippen LogP contribution in [-0.4, -0.2) is 26.0 Å². The third kappa shape index (κ3) is 2.95. The lowest BCUT2D eigenvalue weighted by Gasteiger charge is -2.06. The summed E-state index contributed by atoms with van der Waals surface area (Å²) in [6.45, 7) is 1.73. The SMILES string of the molecule is Cc1nonc1CC(=O)Nc1ccc(-n2ccc(=O)[nH]2)cc1. The van der Waals surface area contributed by atoms with Crippen molar-refractivity contribution >= 4 is 11.6 Å². The maximum Gasteiger partial charge on any atom is 0.264 e. The zero-order valence-corrected chi connectivity index (χ0v) is 11.7. The molecule has 0 aliphatic carbocycles. The van der Waals surface area contributed by atoms with Crippen LogP contribution in [0.4, 0.5) is 5.69 Å². The lowest BCUT2D eigenvalue weighted by molar-refractivity contribution is -0.115. The highest BCUT2D eigenvalue weighted by atomic mass is 16.6. The van der Waals surface area contributed by atoms with Gasteiger partial charge in [0, 0.05) is 18.0 Å². The fourth-order valence-electron chi connectivity index (χ4n) is 1.96. The van der Waals surface area contributed by atoms with Gasteiger partial charge in [0.15, 0.2) is 0 Å². The molecule has 0 fully saturated rings. The number of aryl methyl sites for hydroxylation is 1. The molecule has 0 radical (unpaired) electrons. The highest BCUT2D eigenvalue weighted by Gasteiger charge is 2.11. The van der Waals surface area contributed by atoms with Gasteiger partial charge in [-0.25, -0.2) is 4.63 Å². The number of H-pyrrole nitrogens is 1. The number of nitrogens with one attached hydrogen (secondary N) is 2. The summed E-state index contributed by atoms with van der Waals surface area (Å²) in [5, 5.41) is 12.7. The fourth-order valence-corrected chi connectivity index (χ4v) is 1.96. The van der Waals surface area contributed by atoms with Crippen LogP contribution in [0.5, 0.6) is 0 Å². The van der Waals surface area contributed by atoms with Crippen molar-refractivity contribution < 1.29 is 9.42 Å². The molecule has 2 heterocycles. The Hall–Kier alpha value is -3.16. The van der Waals surface area contributed by atoms with Crippen molar-refractivity contribution in [2.75, 3.05) is 5.32 Å². The molecule has 0 atom stereocenters. The number of benzene rings is 1. The third-order valence-electron chi connectivity index (χ3n) is 3.11. The van der Waals surface area contributed by atoms with E-state index in [1.54, 1.807) is 42.1 Å². The van der Waals surface area contributed by atoms with Crippen LogP contribution >= 0.6 is 0 Å². The second kappa shape index (κ2) is 5.68. The smallest absolute Gasteiger partial charge is 0.264 e. The monoisotopic (exact) mass is 299 g/mol. The largest absolute Gasteiger partial charge is 0.326 e. The number of hydrogen-bond acceptors (Lipinski definition) is 5. The van der Waals surface area contributed by atoms with Gasteiger partial charge in [0.1, 0.15) is 11.4 Å². The van der Waals surface area contributed by atoms with Crippen LogP contribution in [0.1, 0.15) is 11.4 Å². The highest BCUT2D eigenvalue weighted by Crippen LogP contribution is 2.13. The third-order valence-corrected chi connectivity index (χ3v) is 3.11. The van der Waals surface area contributed by atoms with Crippen LogP contribution in [-0.2, 0) is 11.2 Å². The fraction of sp³-hybridized carbons (Fsp3) is 0.143. The molecular formula is C14H13N5O3. The zero-order valence-electron chi connectivity index (χ0n) is 11.7. The van der Waals surface area contributed by atoms with E-state index in [-0.39, 0.29) is 17.9 Å². The lowest BCUT2D eigenvalue weighted by atomic mass is 10.2. The number of rotatable bonds is 4. The normalized spacial score (nSPS) is 10.6. The second-order valence-electron chi connectivity index (χ2n) is 4.73. The molecule has 112 valence electrons. The number of aromatic amines is 1. The van der Waals surface area contributed by atoms with Crippen LogP contribution in [0.15, 0.2) is 46.0 Å². The molecule has 2 aromatic heterocycles. The van der Waals surface area contributed by atoms with Crippen LogP contribution in [0.2, 0.25) is 0 Å². The van der Waals surface area contributed by atoms with Gasteiger partial charge in [0.25, 0.3) is 5.56 Å². The molecule has 8 heteroatoms. The predicted octanol–water partition coefficient (Wildman–Crippen LogP) is 1.04. The maximum absolute atomic E-state index is 11.9. The number of nitrogens with zero attached hydrogens (tertiary/aromatic N) is 3. The van der Waals surface area contributed by atoms with Gasteiger partial charge in [0.05, 0.1) is 12.1 Å². The topological polar surface area (TPSA) is 106 Å². The Kier molecular flexibility index (Phi) is 3.57. The minimum atomic E-state index is -0.207. The van der Waals surface area contributed by atoms with Crippen LogP contribution < -0.4 is 10.9 Å². The summed E-state index contributed by atoms with van der Waals surface area (Å²) in [4.78, 5) is 23.0. The molecule has 0 unspecified atom stereocenters. The van der Waals surface area contributed by atoms with Crippen molar-refractivity contribution in [3.63, 3.8) is 0 Å². The van der Waals surface area contributed by atoms with Crippen LogP contribution in [0.25, 0.3) is 5.69 Å². The molecular weight excluding hydrogens is 286 g/mol. The Balaban J connectivity index is 1.67. The number of anilines is 1. The van der Waals surface area contributed by atoms with Crippen molar-refractivity contribution in [3.8, 4) is 5.69 Å². The molecule has 0 aliphatic rings. The summed E-state index contributed by atoms with van der Waals surface area (Å²) in [7, 11) is 0. The van der Waals surface area contributed by atoms with Crippen molar-refractivity contribution in [1.82, 2.24) is 20.1 Å². The van der Waals surface area contributed by atoms with Gasteiger partial charge in [-0.1, -0.05) is 10.3 Å². The van der Waals surface area contributed by atoms with Crippen molar-refractivity contribution in [1.29, 1.82) is 0 Å². The number of amides is 1. The summed E-state index contributed by atoms with van der Waals surface area (Å²) in [6.07, 6.45) is 1.73. The van der Waals surface area contributed by atoms with E-state index in [4.69, 9.17) is 0 Å². The minimum absolute atomic E-state index is 0.0992. The Labute approximate surface area is 124 Å². The van der Waals surface area contributed by atoms with Gasteiger partial charge >= 0.3 is 0 Å². The molecule has 1 aromatic carbocycles. The van der Waals surface area contributed by atoms with Crippen molar-refractivity contribution in [2.45, 2.75) is 13.3 Å². The number of aromatic nitrogens is 4. The summed E-state index contributed by atoms with van der Waals surface area (Å²) in [5.41, 5.74) is 2.38. The van der Waals surface area contributed by atoms with Gasteiger partial charge in [-0.15, -0.1) is 0 Å². The van der Waals surface area contributed by atoms with Gasteiger partial charge in [-0.2, -0.15) is 0 Å². The van der Waals surface area contributed by atoms with E-state index >= 15 is 0 Å². The van der Waals surface area contributed by atoms with E-state index < -0.39 is 0 Å². The average Bonchev–Trinajstić information content (AvgIpc) is 3.09. The van der Waals surface area contributed by atoms with Gasteiger partial charge in [-0.05, 0) is 31.2 Å². The molecule has 0 aliphatic heterocycles. The Morgan fingerprint density at radius 1 is 1.27 bits per heavy atom. The van der Waals surface area contributed by atoms with E-state index in [1.807, 2.05) is 0 Å². The first-order chi connectivity index (χ1) is 10.6. The average molecular weight is 299 g/mol. The maximum atomic E-state index is 11.9. The Morgan fingerprint density at radius 3 is 2.64 bits per heavy atom. The summed E-state index contributed by atoms with van der Waals surface area (Å²) >= 11 is 0. The van der Waals surface area contributed by atoms with E-state index in [2.05, 4.69) is 25.4 Å². The zero-order chi connectivity index (χ0) is 15.5. The molecule has 0 saturated heterocycles. The second-order valence-corrected chi connectivity index (χ2v) is 4.73. The summed E-state index contributed by atoms with van der Waals surface area (Å²) < 4.78 is 6.15. The highest BCUT2D eigenvalue weighted by molar-refractivity contribution is 5.92. The molecule has 22 heavy (non-hydrogen) atoms. The van der Waals surface area contributed by atoms with E-state index in [0.717, 1.165) is 5.69 Å². The number of carbonyl (C=O) groups excluding carboxylic acids is 1. The van der Waals surface area contributed by atoms with Crippen molar-refractivity contribution in [2.24, 2.45) is 0 Å². The van der Waals surface area contributed by atoms with Gasteiger partial charge in [-0.3, -0.25) is 19.4 Å². The van der Waals surface area contributed by atoms with Crippen LogP contribution in [0.3, 0.4) is 0 Å². The molecule has 1 amide bonds. The molecule has 0 saturated carbocycles. The number of carbonyl (C=O) groups is 1. The predicted molar refractivity (Wildman–Crippen MR) is 77.8 cm³/mol. The summed E-state index contributed by atoms with van der Waals surface area (Å²) in [6, 6.07) is 8.51. The molecule has 8 nitrogen and oxygen atoms in total. The van der Waals surface area contributed by atoms with E-state index in [1.165, 1.54) is 6.07 Å². The first kappa shape index (κ1) is 13.8. The molecule has 3 rings (SSSR count). The quantitative estimate of drug-likeness (QED) is 0.748. The van der Waals surface area contributed by atoms with Crippen molar-refractivity contribution in [3.05, 3.63) is 58.3 Å². The molecule has 0 spiro atoms. The number of hydrogen-bond donors (Lipinski definition) is 2. The van der Waals surface area contributed by atoms with E-state index in [0.29, 0.717) is 17.1 Å². The van der Waals surface area contributed by atoms with Gasteiger partial charge < -0.3 is 5.32 Å². The standard InChI is InChI=1S/C14H13N5O3/c1-9-12(18-22-17-9)8-14(21)15-10-2-4-11(5-3-10)19-7-6-13(20)16-19/h2-7H,8H2,1H3,(H,15,21)(H,16,20). The molecule has 2 N–H and O–H groups in total. The van der Waals surface area contributed by atoms with Gasteiger partial charge in [0.2, 0.25) is 5.91 Å². The first-order valence-electron chi connectivity index (χ1n) is 6.58. The Bertz CT molecular complexity index is 844. The van der Waals surface area contributed by atoms with Crippen LogP contribution in [0, 0.1) is 6.92 Å². The lowest BCUT2D eigenvalue weighted by Crippen LogP contribution is -2.15. The molecule has 3 aromatic rings.